The molecule has 1 N–H and O–H groups in total. The molecule has 3 aromatic heterocycles. The fraction of sp³-hybridized carbons (Fsp3) is 0.278. The molecule has 0 spiro atoms. The molecule has 7 nitrogen and oxygen atoms in total. The van der Waals surface area contributed by atoms with E-state index in [2.05, 4.69) is 25.4 Å². The van der Waals surface area contributed by atoms with E-state index in [-0.39, 0.29) is 11.9 Å². The lowest BCUT2D eigenvalue weighted by Crippen LogP contribution is -2.28. The molecule has 1 unspecified atom stereocenters. The summed E-state index contributed by atoms with van der Waals surface area (Å²) in [4.78, 5) is 25.2. The SMILES string of the molecule is Cc1cc(C(=O)NC(C)c2cnn(-c3ccccn3)c2C)nc(C)n1. The summed E-state index contributed by atoms with van der Waals surface area (Å²) in [6, 6.07) is 7.13. The van der Waals surface area contributed by atoms with Gasteiger partial charge in [-0.05, 0) is 45.9 Å². The van der Waals surface area contributed by atoms with Crippen LogP contribution in [0.4, 0.5) is 0 Å². The topological polar surface area (TPSA) is 85.6 Å². The minimum absolute atomic E-state index is 0.208. The van der Waals surface area contributed by atoms with Crippen LogP contribution in [0.3, 0.4) is 0 Å². The maximum Gasteiger partial charge on any atom is 0.270 e. The minimum Gasteiger partial charge on any atom is -0.344 e. The molecule has 1 atom stereocenters. The van der Waals surface area contributed by atoms with Crippen LogP contribution >= 0.6 is 0 Å². The molecule has 25 heavy (non-hydrogen) atoms. The molecule has 1 amide bonds. The summed E-state index contributed by atoms with van der Waals surface area (Å²) < 4.78 is 1.76. The molecular formula is C18H20N6O. The number of aromatic nitrogens is 5. The Labute approximate surface area is 146 Å². The molecule has 3 heterocycles. The van der Waals surface area contributed by atoms with Crippen LogP contribution in [0.5, 0.6) is 0 Å². The number of hydrogen-bond acceptors (Lipinski definition) is 5. The van der Waals surface area contributed by atoms with Gasteiger partial charge < -0.3 is 5.32 Å². The van der Waals surface area contributed by atoms with E-state index >= 15 is 0 Å². The Hall–Kier alpha value is -3.09. The summed E-state index contributed by atoms with van der Waals surface area (Å²) in [5.74, 6) is 1.09. The largest absolute Gasteiger partial charge is 0.344 e. The second-order valence-corrected chi connectivity index (χ2v) is 5.92. The number of carbonyl (C=O) groups excluding carboxylic acids is 1. The molecule has 0 saturated carbocycles. The standard InChI is InChI=1S/C18H20N6O/c1-11-9-16(23-14(4)21-11)18(25)22-12(2)15-10-20-24(13(15)3)17-7-5-6-8-19-17/h5-10,12H,1-4H3,(H,22,25). The molecule has 3 rings (SSSR count). The van der Waals surface area contributed by atoms with Crippen molar-refractivity contribution in [2.75, 3.05) is 0 Å². The first kappa shape index (κ1) is 16.8. The van der Waals surface area contributed by atoms with Gasteiger partial charge in [0.2, 0.25) is 0 Å². The van der Waals surface area contributed by atoms with Crippen molar-refractivity contribution in [1.82, 2.24) is 30.0 Å². The molecular weight excluding hydrogens is 316 g/mol. The van der Waals surface area contributed by atoms with E-state index in [4.69, 9.17) is 0 Å². The summed E-state index contributed by atoms with van der Waals surface area (Å²) in [6.07, 6.45) is 3.48. The van der Waals surface area contributed by atoms with Gasteiger partial charge in [0, 0.05) is 23.1 Å². The van der Waals surface area contributed by atoms with Gasteiger partial charge in [-0.2, -0.15) is 5.10 Å². The normalized spacial score (nSPS) is 12.0. The van der Waals surface area contributed by atoms with Gasteiger partial charge in [0.1, 0.15) is 11.5 Å². The monoisotopic (exact) mass is 336 g/mol. The summed E-state index contributed by atoms with van der Waals surface area (Å²) in [6.45, 7) is 7.49. The van der Waals surface area contributed by atoms with Crippen molar-refractivity contribution in [3.63, 3.8) is 0 Å². The van der Waals surface area contributed by atoms with Crippen LogP contribution in [-0.2, 0) is 0 Å². The Morgan fingerprint density at radius 3 is 2.68 bits per heavy atom. The number of aryl methyl sites for hydroxylation is 2. The molecule has 0 bridgehead atoms. The van der Waals surface area contributed by atoms with E-state index in [0.29, 0.717) is 11.5 Å². The van der Waals surface area contributed by atoms with Gasteiger partial charge in [0.15, 0.2) is 5.82 Å². The lowest BCUT2D eigenvalue weighted by atomic mass is 10.1. The second kappa shape index (κ2) is 6.80. The number of hydrogen-bond donors (Lipinski definition) is 1. The van der Waals surface area contributed by atoms with E-state index in [9.17, 15) is 4.79 Å². The fourth-order valence-electron chi connectivity index (χ4n) is 2.74. The zero-order chi connectivity index (χ0) is 18.0. The molecule has 0 radical (unpaired) electrons. The molecule has 0 aliphatic rings. The summed E-state index contributed by atoms with van der Waals surface area (Å²) >= 11 is 0. The maximum atomic E-state index is 12.5. The van der Waals surface area contributed by atoms with Crippen molar-refractivity contribution < 1.29 is 4.79 Å². The van der Waals surface area contributed by atoms with E-state index < -0.39 is 0 Å². The Bertz CT molecular complexity index is 883. The Kier molecular flexibility index (Phi) is 4.56. The third kappa shape index (κ3) is 3.55. The van der Waals surface area contributed by atoms with E-state index in [1.54, 1.807) is 30.1 Å². The summed E-state index contributed by atoms with van der Waals surface area (Å²) in [5, 5.41) is 7.36. The van der Waals surface area contributed by atoms with Crippen LogP contribution in [0.2, 0.25) is 0 Å². The molecule has 0 aromatic carbocycles. The first-order chi connectivity index (χ1) is 12.0. The van der Waals surface area contributed by atoms with Crippen LogP contribution in [0.25, 0.3) is 5.82 Å². The van der Waals surface area contributed by atoms with Crippen molar-refractivity contribution in [1.29, 1.82) is 0 Å². The maximum absolute atomic E-state index is 12.5. The lowest BCUT2D eigenvalue weighted by molar-refractivity contribution is 0.0934. The van der Waals surface area contributed by atoms with E-state index in [0.717, 1.165) is 22.8 Å². The van der Waals surface area contributed by atoms with Gasteiger partial charge in [-0.1, -0.05) is 6.07 Å². The molecule has 0 aliphatic carbocycles. The van der Waals surface area contributed by atoms with Crippen molar-refractivity contribution in [3.05, 3.63) is 65.1 Å². The number of rotatable bonds is 4. The number of nitrogens with zero attached hydrogens (tertiary/aromatic N) is 5. The van der Waals surface area contributed by atoms with Crippen LogP contribution in [0.15, 0.2) is 36.7 Å². The number of pyridine rings is 1. The number of nitrogens with one attached hydrogen (secondary N) is 1. The average molecular weight is 336 g/mol. The third-order valence-electron chi connectivity index (χ3n) is 3.93. The smallest absolute Gasteiger partial charge is 0.270 e. The van der Waals surface area contributed by atoms with Crippen molar-refractivity contribution >= 4 is 5.91 Å². The van der Waals surface area contributed by atoms with Crippen LogP contribution in [0.1, 0.15) is 46.2 Å². The highest BCUT2D eigenvalue weighted by atomic mass is 16.1. The van der Waals surface area contributed by atoms with E-state index in [1.165, 1.54) is 0 Å². The van der Waals surface area contributed by atoms with Gasteiger partial charge in [-0.3, -0.25) is 4.79 Å². The average Bonchev–Trinajstić information content (AvgIpc) is 2.96. The molecule has 0 fully saturated rings. The third-order valence-corrected chi connectivity index (χ3v) is 3.93. The quantitative estimate of drug-likeness (QED) is 0.791. The zero-order valence-corrected chi connectivity index (χ0v) is 14.7. The Morgan fingerprint density at radius 2 is 2.00 bits per heavy atom. The van der Waals surface area contributed by atoms with Crippen molar-refractivity contribution in [2.24, 2.45) is 0 Å². The lowest BCUT2D eigenvalue weighted by Gasteiger charge is -2.14. The Morgan fingerprint density at radius 1 is 1.20 bits per heavy atom. The zero-order valence-electron chi connectivity index (χ0n) is 14.7. The number of amides is 1. The predicted octanol–water partition coefficient (Wildman–Crippen LogP) is 2.47. The molecule has 128 valence electrons. The van der Waals surface area contributed by atoms with Gasteiger partial charge in [0.25, 0.3) is 5.91 Å². The highest BCUT2D eigenvalue weighted by Gasteiger charge is 2.18. The fourth-order valence-corrected chi connectivity index (χ4v) is 2.74. The first-order valence-electron chi connectivity index (χ1n) is 8.05. The van der Waals surface area contributed by atoms with Crippen LogP contribution < -0.4 is 5.32 Å². The Balaban J connectivity index is 1.81. The number of carbonyl (C=O) groups is 1. The van der Waals surface area contributed by atoms with Gasteiger partial charge in [-0.25, -0.2) is 19.6 Å². The van der Waals surface area contributed by atoms with Crippen molar-refractivity contribution in [2.45, 2.75) is 33.7 Å². The summed E-state index contributed by atoms with van der Waals surface area (Å²) in [5.41, 5.74) is 3.00. The summed E-state index contributed by atoms with van der Waals surface area (Å²) in [7, 11) is 0. The van der Waals surface area contributed by atoms with Crippen LogP contribution in [-0.4, -0.2) is 30.6 Å². The first-order valence-corrected chi connectivity index (χ1v) is 8.05. The van der Waals surface area contributed by atoms with Gasteiger partial charge in [-0.15, -0.1) is 0 Å². The van der Waals surface area contributed by atoms with E-state index in [1.807, 2.05) is 39.0 Å². The van der Waals surface area contributed by atoms with Gasteiger partial charge in [0.05, 0.1) is 12.2 Å². The minimum atomic E-state index is -0.230. The van der Waals surface area contributed by atoms with Crippen LogP contribution in [0, 0.1) is 20.8 Å². The van der Waals surface area contributed by atoms with Gasteiger partial charge >= 0.3 is 0 Å². The second-order valence-electron chi connectivity index (χ2n) is 5.92. The van der Waals surface area contributed by atoms with Crippen molar-refractivity contribution in [3.8, 4) is 5.82 Å². The highest BCUT2D eigenvalue weighted by Crippen LogP contribution is 2.19. The molecule has 3 aromatic rings. The molecule has 0 saturated heterocycles. The predicted molar refractivity (Wildman–Crippen MR) is 93.5 cm³/mol. The highest BCUT2D eigenvalue weighted by molar-refractivity contribution is 5.92. The molecule has 7 heteroatoms. The molecule has 0 aliphatic heterocycles.